The Kier molecular flexibility index (Phi) is 13.2. The Labute approximate surface area is 513 Å². The fraction of sp³-hybridized carbons (Fsp3) is 0.712. The van der Waals surface area contributed by atoms with Gasteiger partial charge in [-0.2, -0.15) is 0 Å². The van der Waals surface area contributed by atoms with Gasteiger partial charge in [-0.3, -0.25) is 4.79 Å². The van der Waals surface area contributed by atoms with E-state index in [0.29, 0.717) is 59.5 Å². The molecule has 3 heterocycles. The summed E-state index contributed by atoms with van der Waals surface area (Å²) in [5, 5.41) is 12.2. The molecule has 14 saturated carbocycles. The molecule has 3 aliphatic heterocycles. The van der Waals surface area contributed by atoms with Crippen LogP contribution in [-0.2, 0) is 21.0 Å². The molecule has 14 aliphatic carbocycles. The Morgan fingerprint density at radius 2 is 1.18 bits per heavy atom. The van der Waals surface area contributed by atoms with Crippen LogP contribution in [0.4, 0.5) is 0 Å². The van der Waals surface area contributed by atoms with Gasteiger partial charge in [0.05, 0.1) is 15.4 Å². The molecule has 17 aliphatic rings. The minimum Gasteiger partial charge on any atom is -0.376 e. The molecule has 7 nitrogen and oxygen atoms in total. The Bertz CT molecular complexity index is 3010. The van der Waals surface area contributed by atoms with E-state index in [0.717, 1.165) is 102 Å². The van der Waals surface area contributed by atoms with Gasteiger partial charge in [0.2, 0.25) is 5.91 Å². The number of carbonyl (C=O) groups is 1. The van der Waals surface area contributed by atoms with Gasteiger partial charge < -0.3 is 32.3 Å². The van der Waals surface area contributed by atoms with Crippen molar-refractivity contribution < 1.29 is 4.79 Å². The lowest BCUT2D eigenvalue weighted by Crippen LogP contribution is -2.68. The highest BCUT2D eigenvalue weighted by atomic mass is 35.5. The number of thiocarbonyl (C=S) groups is 2. The molecule has 14 bridgehead atoms. The molecule has 10 unspecified atom stereocenters. The van der Waals surface area contributed by atoms with Crippen molar-refractivity contribution in [1.29, 1.82) is 0 Å². The first-order valence-electron chi connectivity index (χ1n) is 33.9. The van der Waals surface area contributed by atoms with Gasteiger partial charge in [-0.25, -0.2) is 0 Å². The van der Waals surface area contributed by atoms with Crippen LogP contribution in [0.15, 0.2) is 84.9 Å². The summed E-state index contributed by atoms with van der Waals surface area (Å²) < 4.78 is 0. The minimum atomic E-state index is -0.410. The van der Waals surface area contributed by atoms with E-state index in [1.54, 1.807) is 11.1 Å². The van der Waals surface area contributed by atoms with Crippen molar-refractivity contribution in [3.05, 3.63) is 107 Å². The lowest BCUT2D eigenvalue weighted by molar-refractivity contribution is -0.168. The standard InChI is InChI=1S/C73H97ClN6OS2/c1-65-31-50-32-68(37-65,54-14-12-49(13-15-54)61-51-33-69(53-10-6-3-7-11-53)41-70(34-51,44-72(61,43-69)46-74)62(81)77-57-20-16-55(75)17-21-57)45-73(38-65,64(83)78-58-22-18-56(76)19-23-58)59(50)35-66-28-47-29-67(39-66,52-8-4-2-5-9-52)42-71(30-47,40-66)63(82)79-60-36-80-26-24-48(60)25-27-80/h2-15,47-48,50-51,55-61H,16-46,75-76H2,1H3,(H,77,81)(H,78,83)(H,79,82)/t47?,50?,51?,55?,56?,57?,58?,59?,60-,61?,65+,66+,67-,68+,69?,70?,71?,72?,73?/m0/s1. The predicted octanol–water partition coefficient (Wildman–Crippen LogP) is 13.9. The molecule has 3 aromatic rings. The van der Waals surface area contributed by atoms with E-state index in [1.807, 2.05) is 0 Å². The first kappa shape index (κ1) is 55.4. The van der Waals surface area contributed by atoms with Gasteiger partial charge in [-0.1, -0.05) is 116 Å². The van der Waals surface area contributed by atoms with Crippen molar-refractivity contribution in [3.63, 3.8) is 0 Å². The molecule has 1 amide bonds. The van der Waals surface area contributed by atoms with Crippen LogP contribution in [0.25, 0.3) is 0 Å². The van der Waals surface area contributed by atoms with Crippen LogP contribution in [0.5, 0.6) is 0 Å². The van der Waals surface area contributed by atoms with Crippen molar-refractivity contribution in [2.45, 2.75) is 233 Å². The van der Waals surface area contributed by atoms with E-state index in [-0.39, 0.29) is 55.4 Å². The predicted molar refractivity (Wildman–Crippen MR) is 344 cm³/mol. The number of alkyl halides is 1. The summed E-state index contributed by atoms with van der Waals surface area (Å²) >= 11 is 21.6. The molecule has 0 radical (unpaired) electrons. The lowest BCUT2D eigenvalue weighted by atomic mass is 9.32. The molecule has 10 heteroatoms. The van der Waals surface area contributed by atoms with Gasteiger partial charge in [0.15, 0.2) is 0 Å². The summed E-state index contributed by atoms with van der Waals surface area (Å²) in [7, 11) is 0. The molecule has 15 atom stereocenters. The smallest absolute Gasteiger partial charge is 0.226 e. The third-order valence-electron chi connectivity index (χ3n) is 27.7. The summed E-state index contributed by atoms with van der Waals surface area (Å²) in [5.74, 6) is 4.21. The number of rotatable bonds is 13. The second-order valence-corrected chi connectivity index (χ2v) is 34.4. The number of hydrogen-bond donors (Lipinski definition) is 5. The van der Waals surface area contributed by atoms with Crippen molar-refractivity contribution in [3.8, 4) is 0 Å². The maximum Gasteiger partial charge on any atom is 0.226 e. The van der Waals surface area contributed by atoms with Gasteiger partial charge in [-0.15, -0.1) is 11.6 Å². The highest BCUT2D eigenvalue weighted by molar-refractivity contribution is 7.80. The number of halogens is 1. The molecule has 0 aromatic heterocycles. The van der Waals surface area contributed by atoms with Crippen molar-refractivity contribution in [2.75, 3.05) is 25.5 Å². The second kappa shape index (κ2) is 19.8. The van der Waals surface area contributed by atoms with E-state index in [1.165, 1.54) is 118 Å². The average molecular weight is 1170 g/mol. The van der Waals surface area contributed by atoms with E-state index < -0.39 is 5.41 Å². The maximum atomic E-state index is 15.1. The van der Waals surface area contributed by atoms with Crippen LogP contribution in [-0.4, -0.2) is 76.5 Å². The first-order chi connectivity index (χ1) is 40.0. The number of hydrogen-bond acceptors (Lipinski definition) is 6. The number of nitrogens with two attached hydrogens (primary N) is 2. The highest BCUT2D eigenvalue weighted by Crippen LogP contribution is 2.79. The minimum absolute atomic E-state index is 0.0444. The topological polar surface area (TPSA) is 108 Å². The Morgan fingerprint density at radius 3 is 1.83 bits per heavy atom. The molecule has 17 fully saturated rings. The number of carbonyl (C=O) groups excluding carboxylic acids is 1. The lowest BCUT2D eigenvalue weighted by Gasteiger charge is -2.72. The monoisotopic (exact) mass is 1170 g/mol. The summed E-state index contributed by atoms with van der Waals surface area (Å²) in [6.45, 7) is 6.37. The van der Waals surface area contributed by atoms with E-state index >= 15 is 4.79 Å². The highest BCUT2D eigenvalue weighted by Gasteiger charge is 2.73. The zero-order valence-corrected chi connectivity index (χ0v) is 52.4. The third-order valence-corrected chi connectivity index (χ3v) is 29.3. The number of nitrogens with one attached hydrogen (secondary N) is 3. The number of nitrogens with zero attached hydrogens (tertiary/aromatic N) is 1. The normalized spacial score (nSPS) is 48.5. The molecule has 3 saturated heterocycles. The number of benzene rings is 3. The zero-order chi connectivity index (χ0) is 56.4. The Hall–Kier alpha value is -2.92. The molecule has 7 N–H and O–H groups in total. The van der Waals surface area contributed by atoms with Crippen molar-refractivity contribution in [1.82, 2.24) is 20.9 Å². The fourth-order valence-corrected chi connectivity index (χ4v) is 27.1. The van der Waals surface area contributed by atoms with Gasteiger partial charge in [0, 0.05) is 53.5 Å². The van der Waals surface area contributed by atoms with Gasteiger partial charge in [0.25, 0.3) is 0 Å². The quantitative estimate of drug-likeness (QED) is 0.0851. The van der Waals surface area contributed by atoms with Crippen LogP contribution in [0.1, 0.15) is 208 Å². The fourth-order valence-electron chi connectivity index (χ4n) is 25.9. The number of amides is 1. The summed E-state index contributed by atoms with van der Waals surface area (Å²) in [5.41, 5.74) is 19.0. The number of piperidine rings is 3. The van der Waals surface area contributed by atoms with E-state index in [9.17, 15) is 0 Å². The largest absolute Gasteiger partial charge is 0.376 e. The van der Waals surface area contributed by atoms with Crippen molar-refractivity contribution in [2.24, 2.45) is 73.5 Å². The van der Waals surface area contributed by atoms with Gasteiger partial charge in [-0.05, 0) is 277 Å². The Balaban J connectivity index is 0.732. The molecular formula is C73H97ClN6OS2. The average Bonchev–Trinajstić information content (AvgIpc) is 0.813. The van der Waals surface area contributed by atoms with E-state index in [2.05, 4.69) is 113 Å². The molecular weight excluding hydrogens is 1080 g/mol. The summed E-state index contributed by atoms with van der Waals surface area (Å²) in [6, 6.07) is 35.3. The molecule has 83 heavy (non-hydrogen) atoms. The van der Waals surface area contributed by atoms with E-state index in [4.69, 9.17) is 47.5 Å². The van der Waals surface area contributed by atoms with Crippen LogP contribution in [0.3, 0.4) is 0 Å². The summed E-state index contributed by atoms with van der Waals surface area (Å²) in [4.78, 5) is 20.2. The molecule has 0 spiro atoms. The maximum absolute atomic E-state index is 15.1. The summed E-state index contributed by atoms with van der Waals surface area (Å²) in [6.07, 6.45) is 31.1. The van der Waals surface area contributed by atoms with Gasteiger partial charge in [0.1, 0.15) is 0 Å². The SMILES string of the molecule is C[C@]12CC3C[C@](c4ccc(C5C6CC7(C(=O)NC8CCC(N)CC8)CC(c8ccccc8)(C6)CC5(CCl)C7)cc4)(CC(C(=S)NC4CCC(N)CC4)(C1)C3C[C@@]13CC4CC(C(=S)N[C@H]5CN6CCC5CC6)(C1)C[C@](c1ccccc1)(C4)C3)C2. The Morgan fingerprint density at radius 1 is 0.566 bits per heavy atom. The van der Waals surface area contributed by atoms with Crippen LogP contribution >= 0.6 is 36.0 Å². The molecule has 444 valence electrons. The second-order valence-electron chi connectivity index (χ2n) is 33.3. The van der Waals surface area contributed by atoms with Crippen LogP contribution in [0, 0.1) is 62.1 Å². The molecule has 20 rings (SSSR count). The third kappa shape index (κ3) is 8.88. The molecule has 3 aromatic carbocycles. The number of fused-ring (bicyclic) bond motifs is 3. The van der Waals surface area contributed by atoms with Crippen LogP contribution in [0.2, 0.25) is 0 Å². The van der Waals surface area contributed by atoms with Gasteiger partial charge >= 0.3 is 0 Å². The van der Waals surface area contributed by atoms with Crippen LogP contribution < -0.4 is 27.4 Å². The first-order valence-corrected chi connectivity index (χ1v) is 35.3. The van der Waals surface area contributed by atoms with Crippen molar-refractivity contribution >= 4 is 51.9 Å². The zero-order valence-electron chi connectivity index (χ0n) is 50.1.